The molecule has 0 saturated carbocycles. The molecule has 1 aromatic heterocycles. The minimum absolute atomic E-state index is 0.0778. The molecule has 1 fully saturated rings. The molecule has 0 amide bonds. The van der Waals surface area contributed by atoms with Crippen molar-refractivity contribution in [3.63, 3.8) is 0 Å². The molecule has 6 heteroatoms. The van der Waals surface area contributed by atoms with Gasteiger partial charge in [-0.3, -0.25) is 4.98 Å². The Morgan fingerprint density at radius 2 is 1.67 bits per heavy atom. The van der Waals surface area contributed by atoms with Gasteiger partial charge in [-0.05, 0) is 24.3 Å². The van der Waals surface area contributed by atoms with E-state index in [-0.39, 0.29) is 6.61 Å². The average Bonchev–Trinajstić information content (AvgIpc) is 2.56. The minimum atomic E-state index is -0.0778. The lowest BCUT2D eigenvalue weighted by Crippen LogP contribution is -2.46. The first-order valence-corrected chi connectivity index (χ1v) is 7.31. The second-order valence-corrected chi connectivity index (χ2v) is 5.41. The van der Waals surface area contributed by atoms with Crippen molar-refractivity contribution >= 4 is 23.1 Å². The summed E-state index contributed by atoms with van der Waals surface area (Å²) in [6, 6.07) is 7.92. The standard InChI is InChI=1S/C15H17ClN4O/c16-12-1-3-14(4-2-12)19-5-7-20(8-6-19)15-10-17-9-13(11-21)18-15/h1-4,9-10,21H,5-8,11H2. The minimum Gasteiger partial charge on any atom is -0.390 e. The molecule has 3 rings (SSSR count). The Labute approximate surface area is 128 Å². The number of aliphatic hydroxyl groups is 1. The summed E-state index contributed by atoms with van der Waals surface area (Å²) in [6.45, 7) is 3.53. The third kappa shape index (κ3) is 3.25. The summed E-state index contributed by atoms with van der Waals surface area (Å²) in [4.78, 5) is 13.0. The van der Waals surface area contributed by atoms with Crippen LogP contribution < -0.4 is 9.80 Å². The number of aromatic nitrogens is 2. The van der Waals surface area contributed by atoms with Gasteiger partial charge in [0, 0.05) is 36.9 Å². The van der Waals surface area contributed by atoms with Crippen LogP contribution in [0.15, 0.2) is 36.7 Å². The maximum absolute atomic E-state index is 9.13. The van der Waals surface area contributed by atoms with Crippen LogP contribution in [-0.2, 0) is 6.61 Å². The van der Waals surface area contributed by atoms with Gasteiger partial charge in [-0.25, -0.2) is 4.98 Å². The summed E-state index contributed by atoms with van der Waals surface area (Å²) in [5, 5.41) is 9.89. The number of halogens is 1. The van der Waals surface area contributed by atoms with E-state index in [1.165, 1.54) is 5.69 Å². The predicted octanol–water partition coefficient (Wildman–Crippen LogP) is 1.95. The van der Waals surface area contributed by atoms with Crippen molar-refractivity contribution in [1.29, 1.82) is 0 Å². The van der Waals surface area contributed by atoms with Crippen LogP contribution >= 0.6 is 11.6 Å². The summed E-state index contributed by atoms with van der Waals surface area (Å²) >= 11 is 5.92. The van der Waals surface area contributed by atoms with Crippen molar-refractivity contribution in [2.24, 2.45) is 0 Å². The summed E-state index contributed by atoms with van der Waals surface area (Å²) in [7, 11) is 0. The Hall–Kier alpha value is -1.85. The fourth-order valence-corrected chi connectivity index (χ4v) is 2.60. The molecule has 5 nitrogen and oxygen atoms in total. The number of aliphatic hydroxyl groups excluding tert-OH is 1. The van der Waals surface area contributed by atoms with Crippen molar-refractivity contribution in [1.82, 2.24) is 9.97 Å². The number of rotatable bonds is 3. The normalized spacial score (nSPS) is 15.3. The molecule has 0 radical (unpaired) electrons. The van der Waals surface area contributed by atoms with Crippen molar-refractivity contribution < 1.29 is 5.11 Å². The fourth-order valence-electron chi connectivity index (χ4n) is 2.47. The summed E-state index contributed by atoms with van der Waals surface area (Å²) in [5.41, 5.74) is 1.79. The van der Waals surface area contributed by atoms with Gasteiger partial charge in [0.1, 0.15) is 5.82 Å². The number of nitrogens with zero attached hydrogens (tertiary/aromatic N) is 4. The van der Waals surface area contributed by atoms with Crippen molar-refractivity contribution in [3.05, 3.63) is 47.4 Å². The summed E-state index contributed by atoms with van der Waals surface area (Å²) < 4.78 is 0. The lowest BCUT2D eigenvalue weighted by molar-refractivity contribution is 0.276. The Balaban J connectivity index is 1.65. The van der Waals surface area contributed by atoms with E-state index >= 15 is 0 Å². The number of hydrogen-bond acceptors (Lipinski definition) is 5. The topological polar surface area (TPSA) is 52.5 Å². The molecule has 2 heterocycles. The lowest BCUT2D eigenvalue weighted by Gasteiger charge is -2.36. The van der Waals surface area contributed by atoms with E-state index in [1.54, 1.807) is 12.4 Å². The Morgan fingerprint density at radius 1 is 1.00 bits per heavy atom. The number of benzene rings is 1. The van der Waals surface area contributed by atoms with Gasteiger partial charge < -0.3 is 14.9 Å². The fraction of sp³-hybridized carbons (Fsp3) is 0.333. The van der Waals surface area contributed by atoms with Crippen molar-refractivity contribution in [2.45, 2.75) is 6.61 Å². The van der Waals surface area contributed by atoms with E-state index in [1.807, 2.05) is 24.3 Å². The highest BCUT2D eigenvalue weighted by molar-refractivity contribution is 6.30. The highest BCUT2D eigenvalue weighted by atomic mass is 35.5. The average molecular weight is 305 g/mol. The van der Waals surface area contributed by atoms with Crippen LogP contribution in [-0.4, -0.2) is 41.3 Å². The van der Waals surface area contributed by atoms with E-state index in [0.29, 0.717) is 5.69 Å². The van der Waals surface area contributed by atoms with Crippen LogP contribution in [0.5, 0.6) is 0 Å². The van der Waals surface area contributed by atoms with Gasteiger partial charge >= 0.3 is 0 Å². The Bertz CT molecular complexity index is 597. The Morgan fingerprint density at radius 3 is 2.33 bits per heavy atom. The third-order valence-electron chi connectivity index (χ3n) is 3.63. The molecule has 0 unspecified atom stereocenters. The lowest BCUT2D eigenvalue weighted by atomic mass is 10.2. The highest BCUT2D eigenvalue weighted by Crippen LogP contribution is 2.21. The zero-order valence-corrected chi connectivity index (χ0v) is 12.4. The van der Waals surface area contributed by atoms with Crippen LogP contribution in [0.3, 0.4) is 0 Å². The first-order valence-electron chi connectivity index (χ1n) is 6.93. The van der Waals surface area contributed by atoms with E-state index in [4.69, 9.17) is 16.7 Å². The van der Waals surface area contributed by atoms with Gasteiger partial charge in [0.25, 0.3) is 0 Å². The van der Waals surface area contributed by atoms with Crippen LogP contribution in [0, 0.1) is 0 Å². The monoisotopic (exact) mass is 304 g/mol. The number of hydrogen-bond donors (Lipinski definition) is 1. The molecule has 1 saturated heterocycles. The van der Waals surface area contributed by atoms with Crippen LogP contribution in [0.25, 0.3) is 0 Å². The molecule has 110 valence electrons. The molecule has 0 spiro atoms. The molecular formula is C15H17ClN4O. The van der Waals surface area contributed by atoms with Crippen LogP contribution in [0.4, 0.5) is 11.5 Å². The largest absolute Gasteiger partial charge is 0.390 e. The van der Waals surface area contributed by atoms with Gasteiger partial charge in [-0.2, -0.15) is 0 Å². The smallest absolute Gasteiger partial charge is 0.147 e. The van der Waals surface area contributed by atoms with Gasteiger partial charge in [0.2, 0.25) is 0 Å². The van der Waals surface area contributed by atoms with Crippen molar-refractivity contribution in [2.75, 3.05) is 36.0 Å². The van der Waals surface area contributed by atoms with Gasteiger partial charge in [-0.1, -0.05) is 11.6 Å². The highest BCUT2D eigenvalue weighted by Gasteiger charge is 2.18. The maximum Gasteiger partial charge on any atom is 0.147 e. The van der Waals surface area contributed by atoms with Gasteiger partial charge in [-0.15, -0.1) is 0 Å². The molecule has 0 atom stereocenters. The Kier molecular flexibility index (Phi) is 4.22. The summed E-state index contributed by atoms with van der Waals surface area (Å²) in [6.07, 6.45) is 3.34. The molecule has 1 aliphatic rings. The maximum atomic E-state index is 9.13. The van der Waals surface area contributed by atoms with Gasteiger partial charge in [0.15, 0.2) is 0 Å². The predicted molar refractivity (Wildman–Crippen MR) is 83.8 cm³/mol. The van der Waals surface area contributed by atoms with Crippen molar-refractivity contribution in [3.8, 4) is 0 Å². The molecule has 2 aromatic rings. The number of piperazine rings is 1. The summed E-state index contributed by atoms with van der Waals surface area (Å²) in [5.74, 6) is 0.831. The van der Waals surface area contributed by atoms with E-state index in [0.717, 1.165) is 37.0 Å². The second-order valence-electron chi connectivity index (χ2n) is 4.98. The molecule has 0 bridgehead atoms. The zero-order chi connectivity index (χ0) is 14.7. The quantitative estimate of drug-likeness (QED) is 0.939. The SMILES string of the molecule is OCc1cncc(N2CCN(c3ccc(Cl)cc3)CC2)n1. The van der Waals surface area contributed by atoms with Crippen LogP contribution in [0.1, 0.15) is 5.69 Å². The number of anilines is 2. The molecular weight excluding hydrogens is 288 g/mol. The molecule has 0 aliphatic carbocycles. The van der Waals surface area contributed by atoms with E-state index in [9.17, 15) is 0 Å². The zero-order valence-electron chi connectivity index (χ0n) is 11.6. The first-order chi connectivity index (χ1) is 10.3. The van der Waals surface area contributed by atoms with E-state index < -0.39 is 0 Å². The molecule has 1 N–H and O–H groups in total. The van der Waals surface area contributed by atoms with E-state index in [2.05, 4.69) is 19.8 Å². The molecule has 1 aliphatic heterocycles. The third-order valence-corrected chi connectivity index (χ3v) is 3.88. The van der Waals surface area contributed by atoms with Crippen LogP contribution in [0.2, 0.25) is 5.02 Å². The van der Waals surface area contributed by atoms with Gasteiger partial charge in [0.05, 0.1) is 24.7 Å². The second kappa shape index (κ2) is 6.28. The first kappa shape index (κ1) is 14.1. The molecule has 21 heavy (non-hydrogen) atoms. The molecule has 1 aromatic carbocycles.